The zero-order valence-electron chi connectivity index (χ0n) is 10.4. The molecule has 92 valence electrons. The largest absolute Gasteiger partial charge is 0.459 e. The van der Waals surface area contributed by atoms with E-state index in [1.165, 1.54) is 51.0 Å². The molecule has 0 N–H and O–H groups in total. The number of hydrogen-bond donors (Lipinski definition) is 0. The van der Waals surface area contributed by atoms with Crippen LogP contribution in [0.2, 0.25) is 0 Å². The molecule has 1 atom stereocenters. The van der Waals surface area contributed by atoms with Gasteiger partial charge in [0.15, 0.2) is 0 Å². The zero-order valence-corrected chi connectivity index (χ0v) is 10.4. The van der Waals surface area contributed by atoms with E-state index >= 15 is 0 Å². The summed E-state index contributed by atoms with van der Waals surface area (Å²) < 4.78 is 5.21. The van der Waals surface area contributed by atoms with Crippen molar-refractivity contribution in [1.82, 2.24) is 0 Å². The second-order valence-corrected chi connectivity index (χ2v) is 4.61. The minimum absolute atomic E-state index is 0.146. The molecule has 0 amide bonds. The zero-order chi connectivity index (χ0) is 11.6. The normalized spacial score (nSPS) is 19.8. The number of ether oxygens (including phenoxy) is 1. The van der Waals surface area contributed by atoms with Gasteiger partial charge >= 0.3 is 5.97 Å². The van der Waals surface area contributed by atoms with E-state index in [4.69, 9.17) is 4.74 Å². The van der Waals surface area contributed by atoms with Gasteiger partial charge in [0.2, 0.25) is 0 Å². The van der Waals surface area contributed by atoms with Gasteiger partial charge in [0, 0.05) is 12.5 Å². The Kier molecular flexibility index (Phi) is 6.95. The Morgan fingerprint density at radius 2 is 1.88 bits per heavy atom. The van der Waals surface area contributed by atoms with Crippen LogP contribution in [-0.4, -0.2) is 12.1 Å². The maximum atomic E-state index is 11.0. The fourth-order valence-corrected chi connectivity index (χ4v) is 2.07. The molecule has 0 aromatic heterocycles. The first-order valence-corrected chi connectivity index (χ1v) is 6.70. The fraction of sp³-hybridized carbons (Fsp3) is 0.786. The van der Waals surface area contributed by atoms with Gasteiger partial charge in [0.05, 0.1) is 0 Å². The molecule has 1 unspecified atom stereocenters. The van der Waals surface area contributed by atoms with Gasteiger partial charge in [0.25, 0.3) is 0 Å². The first-order chi connectivity index (χ1) is 7.83. The van der Waals surface area contributed by atoms with Gasteiger partial charge in [-0.1, -0.05) is 51.5 Å². The van der Waals surface area contributed by atoms with Crippen LogP contribution in [0.25, 0.3) is 0 Å². The highest BCUT2D eigenvalue weighted by Crippen LogP contribution is 2.16. The van der Waals surface area contributed by atoms with Gasteiger partial charge in [-0.05, 0) is 12.8 Å². The Hall–Kier alpha value is -0.790. The molecule has 16 heavy (non-hydrogen) atoms. The predicted molar refractivity (Wildman–Crippen MR) is 66.2 cm³/mol. The second kappa shape index (κ2) is 8.37. The molecule has 1 heterocycles. The quantitative estimate of drug-likeness (QED) is 0.460. The number of cyclic esters (lactones) is 1. The Balaban J connectivity index is 1.91. The summed E-state index contributed by atoms with van der Waals surface area (Å²) in [7, 11) is 0. The molecular formula is C14H24O2. The molecule has 0 aliphatic carbocycles. The number of carbonyl (C=O) groups excluding carboxylic acids is 1. The van der Waals surface area contributed by atoms with Gasteiger partial charge in [-0.2, -0.15) is 0 Å². The lowest BCUT2D eigenvalue weighted by Crippen LogP contribution is -2.19. The molecule has 1 aliphatic heterocycles. The predicted octanol–water partition coefficient (Wildman–Crippen LogP) is 4.00. The molecule has 0 bridgehead atoms. The van der Waals surface area contributed by atoms with E-state index in [2.05, 4.69) is 6.92 Å². The van der Waals surface area contributed by atoms with E-state index in [0.29, 0.717) is 0 Å². The molecule has 0 aromatic rings. The summed E-state index contributed by atoms with van der Waals surface area (Å²) >= 11 is 0. The topological polar surface area (TPSA) is 26.3 Å². The van der Waals surface area contributed by atoms with Gasteiger partial charge in [0.1, 0.15) is 6.10 Å². The maximum absolute atomic E-state index is 11.0. The Labute approximate surface area is 99.1 Å². The van der Waals surface area contributed by atoms with Crippen molar-refractivity contribution < 1.29 is 9.53 Å². The average Bonchev–Trinajstić information content (AvgIpc) is 2.28. The van der Waals surface area contributed by atoms with Gasteiger partial charge in [-0.25, -0.2) is 4.79 Å². The van der Waals surface area contributed by atoms with Crippen molar-refractivity contribution in [3.63, 3.8) is 0 Å². The van der Waals surface area contributed by atoms with Crippen LogP contribution in [0.1, 0.15) is 64.7 Å². The highest BCUT2D eigenvalue weighted by molar-refractivity contribution is 5.82. The van der Waals surface area contributed by atoms with E-state index in [-0.39, 0.29) is 12.1 Å². The van der Waals surface area contributed by atoms with E-state index < -0.39 is 0 Å². The summed E-state index contributed by atoms with van der Waals surface area (Å²) in [5.41, 5.74) is 0. The Morgan fingerprint density at radius 3 is 2.56 bits per heavy atom. The monoisotopic (exact) mass is 224 g/mol. The lowest BCUT2D eigenvalue weighted by atomic mass is 10.0. The highest BCUT2D eigenvalue weighted by Gasteiger charge is 2.14. The molecule has 0 spiro atoms. The van der Waals surface area contributed by atoms with Crippen LogP contribution >= 0.6 is 0 Å². The summed E-state index contributed by atoms with van der Waals surface area (Å²) in [6, 6.07) is 0. The average molecular weight is 224 g/mol. The first-order valence-electron chi connectivity index (χ1n) is 6.70. The summed E-state index contributed by atoms with van der Waals surface area (Å²) in [5.74, 6) is -0.167. The molecule has 0 fully saturated rings. The fourth-order valence-electron chi connectivity index (χ4n) is 2.07. The Morgan fingerprint density at radius 1 is 1.19 bits per heavy atom. The maximum Gasteiger partial charge on any atom is 0.330 e. The lowest BCUT2D eigenvalue weighted by Gasteiger charge is -2.18. The first kappa shape index (κ1) is 13.3. The van der Waals surface area contributed by atoms with Gasteiger partial charge in [-0.3, -0.25) is 0 Å². The minimum Gasteiger partial charge on any atom is -0.459 e. The van der Waals surface area contributed by atoms with Crippen LogP contribution in [0, 0.1) is 0 Å². The van der Waals surface area contributed by atoms with Crippen LogP contribution in [0.3, 0.4) is 0 Å². The third-order valence-corrected chi connectivity index (χ3v) is 3.07. The van der Waals surface area contributed by atoms with Crippen LogP contribution in [0.4, 0.5) is 0 Å². The summed E-state index contributed by atoms with van der Waals surface area (Å²) in [6.45, 7) is 2.24. The number of hydrogen-bond acceptors (Lipinski definition) is 2. The van der Waals surface area contributed by atoms with Crippen molar-refractivity contribution in [3.05, 3.63) is 12.2 Å². The molecule has 2 nitrogen and oxygen atoms in total. The molecule has 1 aliphatic rings. The van der Waals surface area contributed by atoms with E-state index in [1.54, 1.807) is 0 Å². The minimum atomic E-state index is -0.167. The second-order valence-electron chi connectivity index (χ2n) is 4.61. The number of carbonyl (C=O) groups is 1. The van der Waals surface area contributed by atoms with Crippen molar-refractivity contribution in [2.75, 3.05) is 0 Å². The van der Waals surface area contributed by atoms with Crippen molar-refractivity contribution in [1.29, 1.82) is 0 Å². The van der Waals surface area contributed by atoms with E-state index in [0.717, 1.165) is 12.8 Å². The van der Waals surface area contributed by atoms with Gasteiger partial charge in [-0.15, -0.1) is 0 Å². The van der Waals surface area contributed by atoms with E-state index in [1.807, 2.05) is 6.08 Å². The smallest absolute Gasteiger partial charge is 0.330 e. The van der Waals surface area contributed by atoms with Crippen LogP contribution < -0.4 is 0 Å². The third-order valence-electron chi connectivity index (χ3n) is 3.07. The third kappa shape index (κ3) is 5.94. The van der Waals surface area contributed by atoms with Crippen LogP contribution in [0.5, 0.6) is 0 Å². The van der Waals surface area contributed by atoms with Crippen molar-refractivity contribution >= 4 is 5.97 Å². The SMILES string of the molecule is CCCCCCCCCC1CC=CC(=O)O1. The van der Waals surface area contributed by atoms with Crippen molar-refractivity contribution in [2.24, 2.45) is 0 Å². The van der Waals surface area contributed by atoms with Crippen LogP contribution in [-0.2, 0) is 9.53 Å². The summed E-state index contributed by atoms with van der Waals surface area (Å²) in [4.78, 5) is 11.0. The summed E-state index contributed by atoms with van der Waals surface area (Å²) in [6.07, 6.45) is 14.7. The van der Waals surface area contributed by atoms with Crippen molar-refractivity contribution in [2.45, 2.75) is 70.8 Å². The Bertz CT molecular complexity index is 221. The molecule has 2 heteroatoms. The number of esters is 1. The molecular weight excluding hydrogens is 200 g/mol. The molecule has 0 aromatic carbocycles. The highest BCUT2D eigenvalue weighted by atomic mass is 16.5. The molecule has 0 saturated heterocycles. The van der Waals surface area contributed by atoms with Crippen molar-refractivity contribution in [3.8, 4) is 0 Å². The molecule has 0 radical (unpaired) electrons. The lowest BCUT2D eigenvalue weighted by molar-refractivity contribution is -0.144. The standard InChI is InChI=1S/C14H24O2/c1-2-3-4-5-6-7-8-10-13-11-9-12-14(15)16-13/h9,12-13H,2-8,10-11H2,1H3. The molecule has 1 rings (SSSR count). The number of rotatable bonds is 8. The van der Waals surface area contributed by atoms with E-state index in [9.17, 15) is 4.79 Å². The number of unbranched alkanes of at least 4 members (excludes halogenated alkanes) is 6. The molecule has 0 saturated carbocycles. The van der Waals surface area contributed by atoms with Crippen LogP contribution in [0.15, 0.2) is 12.2 Å². The van der Waals surface area contributed by atoms with Gasteiger partial charge < -0.3 is 4.74 Å². The summed E-state index contributed by atoms with van der Waals surface area (Å²) in [5, 5.41) is 0.